The lowest BCUT2D eigenvalue weighted by molar-refractivity contribution is 0.0738. The number of ether oxygens (including phenoxy) is 1. The number of aliphatic hydroxyl groups excluding tert-OH is 1. The number of aliphatic hydroxyl groups is 1. The second-order valence-electron chi connectivity index (χ2n) is 5.18. The highest BCUT2D eigenvalue weighted by atomic mass is 32.2. The highest BCUT2D eigenvalue weighted by molar-refractivity contribution is 7.91. The summed E-state index contributed by atoms with van der Waals surface area (Å²) in [5.74, 6) is 0.781. The Bertz CT molecular complexity index is 521. The van der Waals surface area contributed by atoms with Gasteiger partial charge in [-0.3, -0.25) is 0 Å². The van der Waals surface area contributed by atoms with Crippen molar-refractivity contribution in [1.29, 1.82) is 0 Å². The molecule has 1 heterocycles. The fraction of sp³-hybridized carbons (Fsp3) is 0.571. The standard InChI is InChI=1S/C14H20O4S/c1-3-10(2)11-4-6-12(7-5-11)18-14-9-19(16,17)8-13(14)15/h4-7,10,13-15H,3,8-9H2,1-2H3. The van der Waals surface area contributed by atoms with Crippen LogP contribution in [0.1, 0.15) is 31.7 Å². The molecule has 0 spiro atoms. The summed E-state index contributed by atoms with van der Waals surface area (Å²) in [5.41, 5.74) is 1.23. The molecule has 0 aliphatic carbocycles. The maximum atomic E-state index is 11.4. The summed E-state index contributed by atoms with van der Waals surface area (Å²) in [6, 6.07) is 7.64. The van der Waals surface area contributed by atoms with Gasteiger partial charge >= 0.3 is 0 Å². The first-order valence-electron chi connectivity index (χ1n) is 6.56. The molecule has 19 heavy (non-hydrogen) atoms. The Labute approximate surface area is 114 Å². The van der Waals surface area contributed by atoms with E-state index in [0.717, 1.165) is 6.42 Å². The maximum Gasteiger partial charge on any atom is 0.156 e. The third-order valence-corrected chi connectivity index (χ3v) is 5.31. The van der Waals surface area contributed by atoms with Gasteiger partial charge in [0.2, 0.25) is 0 Å². The number of benzene rings is 1. The maximum absolute atomic E-state index is 11.4. The topological polar surface area (TPSA) is 63.6 Å². The third-order valence-electron chi connectivity index (χ3n) is 3.62. The summed E-state index contributed by atoms with van der Waals surface area (Å²) in [7, 11) is -3.17. The highest BCUT2D eigenvalue weighted by Gasteiger charge is 2.38. The Hall–Kier alpha value is -1.07. The fourth-order valence-corrected chi connectivity index (χ4v) is 3.86. The van der Waals surface area contributed by atoms with E-state index in [2.05, 4.69) is 13.8 Å². The van der Waals surface area contributed by atoms with Crippen LogP contribution in [0, 0.1) is 0 Å². The molecular formula is C14H20O4S. The van der Waals surface area contributed by atoms with Crippen molar-refractivity contribution >= 4 is 9.84 Å². The second-order valence-corrected chi connectivity index (χ2v) is 7.33. The van der Waals surface area contributed by atoms with Gasteiger partial charge in [0, 0.05) is 0 Å². The zero-order valence-electron chi connectivity index (χ0n) is 11.2. The quantitative estimate of drug-likeness (QED) is 0.914. The summed E-state index contributed by atoms with van der Waals surface area (Å²) in [4.78, 5) is 0. The molecule has 0 radical (unpaired) electrons. The number of rotatable bonds is 4. The molecule has 1 N–H and O–H groups in total. The molecule has 0 saturated carbocycles. The monoisotopic (exact) mass is 284 g/mol. The molecular weight excluding hydrogens is 264 g/mol. The van der Waals surface area contributed by atoms with Crippen molar-refractivity contribution in [3.63, 3.8) is 0 Å². The van der Waals surface area contributed by atoms with Crippen LogP contribution >= 0.6 is 0 Å². The van der Waals surface area contributed by atoms with Crippen LogP contribution in [-0.4, -0.2) is 37.2 Å². The molecule has 1 aromatic carbocycles. The molecule has 0 aromatic heterocycles. The van der Waals surface area contributed by atoms with Crippen molar-refractivity contribution in [2.24, 2.45) is 0 Å². The molecule has 106 valence electrons. The Kier molecular flexibility index (Phi) is 4.16. The zero-order valence-corrected chi connectivity index (χ0v) is 12.1. The minimum atomic E-state index is -3.17. The van der Waals surface area contributed by atoms with E-state index < -0.39 is 22.0 Å². The van der Waals surface area contributed by atoms with Crippen molar-refractivity contribution in [2.45, 2.75) is 38.4 Å². The highest BCUT2D eigenvalue weighted by Crippen LogP contribution is 2.24. The Morgan fingerprint density at radius 3 is 2.42 bits per heavy atom. The third kappa shape index (κ3) is 3.48. The summed E-state index contributed by atoms with van der Waals surface area (Å²) in [6.07, 6.45) is -0.515. The van der Waals surface area contributed by atoms with E-state index in [-0.39, 0.29) is 11.5 Å². The Balaban J connectivity index is 2.04. The van der Waals surface area contributed by atoms with Crippen LogP contribution in [0.2, 0.25) is 0 Å². The summed E-state index contributed by atoms with van der Waals surface area (Å²) < 4.78 is 28.3. The van der Waals surface area contributed by atoms with E-state index in [4.69, 9.17) is 4.74 Å². The molecule has 3 atom stereocenters. The molecule has 0 bridgehead atoms. The first kappa shape index (κ1) is 14.3. The lowest BCUT2D eigenvalue weighted by Crippen LogP contribution is -2.29. The SMILES string of the molecule is CCC(C)c1ccc(OC2CS(=O)(=O)CC2O)cc1. The van der Waals surface area contributed by atoms with Gasteiger partial charge in [-0.15, -0.1) is 0 Å². The predicted octanol–water partition coefficient (Wildman–Crippen LogP) is 1.74. The van der Waals surface area contributed by atoms with Gasteiger partial charge in [-0.2, -0.15) is 0 Å². The smallest absolute Gasteiger partial charge is 0.156 e. The van der Waals surface area contributed by atoms with Crippen LogP contribution in [-0.2, 0) is 9.84 Å². The predicted molar refractivity (Wildman–Crippen MR) is 74.2 cm³/mol. The summed E-state index contributed by atoms with van der Waals surface area (Å²) in [5, 5.41) is 9.66. The van der Waals surface area contributed by atoms with Crippen molar-refractivity contribution < 1.29 is 18.3 Å². The van der Waals surface area contributed by atoms with Crippen LogP contribution in [0.3, 0.4) is 0 Å². The van der Waals surface area contributed by atoms with E-state index in [1.165, 1.54) is 5.56 Å². The van der Waals surface area contributed by atoms with Gasteiger partial charge in [0.25, 0.3) is 0 Å². The van der Waals surface area contributed by atoms with E-state index in [0.29, 0.717) is 11.7 Å². The minimum absolute atomic E-state index is 0.110. The van der Waals surface area contributed by atoms with E-state index >= 15 is 0 Å². The lowest BCUT2D eigenvalue weighted by Gasteiger charge is -2.16. The van der Waals surface area contributed by atoms with Crippen LogP contribution in [0.15, 0.2) is 24.3 Å². The van der Waals surface area contributed by atoms with Gasteiger partial charge in [0.1, 0.15) is 18.0 Å². The molecule has 2 rings (SSSR count). The average Bonchev–Trinajstić information content (AvgIpc) is 2.62. The van der Waals surface area contributed by atoms with Crippen LogP contribution in [0.5, 0.6) is 5.75 Å². The van der Waals surface area contributed by atoms with Crippen LogP contribution < -0.4 is 4.74 Å². The molecule has 1 aliphatic heterocycles. The molecule has 5 heteroatoms. The van der Waals surface area contributed by atoms with Crippen LogP contribution in [0.4, 0.5) is 0 Å². The molecule has 1 saturated heterocycles. The molecule has 1 fully saturated rings. The van der Waals surface area contributed by atoms with Gasteiger partial charge in [-0.05, 0) is 30.0 Å². The van der Waals surface area contributed by atoms with Crippen molar-refractivity contribution in [2.75, 3.05) is 11.5 Å². The largest absolute Gasteiger partial charge is 0.487 e. The Morgan fingerprint density at radius 1 is 1.32 bits per heavy atom. The first-order valence-corrected chi connectivity index (χ1v) is 8.38. The van der Waals surface area contributed by atoms with E-state index in [1.54, 1.807) is 0 Å². The molecule has 0 amide bonds. The molecule has 1 aromatic rings. The van der Waals surface area contributed by atoms with Crippen LogP contribution in [0.25, 0.3) is 0 Å². The molecule has 3 unspecified atom stereocenters. The fourth-order valence-electron chi connectivity index (χ4n) is 2.19. The number of hydrogen-bond donors (Lipinski definition) is 1. The van der Waals surface area contributed by atoms with Crippen molar-refractivity contribution in [3.05, 3.63) is 29.8 Å². The van der Waals surface area contributed by atoms with E-state index in [1.807, 2.05) is 24.3 Å². The van der Waals surface area contributed by atoms with Crippen molar-refractivity contribution in [3.8, 4) is 5.75 Å². The minimum Gasteiger partial charge on any atom is -0.487 e. The summed E-state index contributed by atoms with van der Waals surface area (Å²) >= 11 is 0. The normalized spacial score (nSPS) is 27.1. The molecule has 4 nitrogen and oxygen atoms in total. The lowest BCUT2D eigenvalue weighted by atomic mass is 9.99. The summed E-state index contributed by atoms with van der Waals surface area (Å²) in [6.45, 7) is 4.29. The zero-order chi connectivity index (χ0) is 14.0. The van der Waals surface area contributed by atoms with Gasteiger partial charge in [0.05, 0.1) is 11.5 Å². The van der Waals surface area contributed by atoms with Gasteiger partial charge in [-0.1, -0.05) is 26.0 Å². The van der Waals surface area contributed by atoms with Gasteiger partial charge < -0.3 is 9.84 Å². The molecule has 1 aliphatic rings. The average molecular weight is 284 g/mol. The van der Waals surface area contributed by atoms with Gasteiger partial charge in [0.15, 0.2) is 9.84 Å². The second kappa shape index (κ2) is 5.51. The van der Waals surface area contributed by atoms with Gasteiger partial charge in [-0.25, -0.2) is 8.42 Å². The van der Waals surface area contributed by atoms with Crippen molar-refractivity contribution in [1.82, 2.24) is 0 Å². The van der Waals surface area contributed by atoms with E-state index in [9.17, 15) is 13.5 Å². The number of sulfone groups is 1. The Morgan fingerprint density at radius 2 is 1.95 bits per heavy atom. The number of hydrogen-bond acceptors (Lipinski definition) is 4. The first-order chi connectivity index (χ1) is 8.91.